The highest BCUT2D eigenvalue weighted by atomic mass is 35.5. The van der Waals surface area contributed by atoms with Gasteiger partial charge in [0.1, 0.15) is 0 Å². The second kappa shape index (κ2) is 5.88. The van der Waals surface area contributed by atoms with Crippen molar-refractivity contribution in [1.29, 1.82) is 0 Å². The van der Waals surface area contributed by atoms with Gasteiger partial charge in [-0.2, -0.15) is 13.2 Å². The summed E-state index contributed by atoms with van der Waals surface area (Å²) in [7, 11) is 0. The van der Waals surface area contributed by atoms with Crippen molar-refractivity contribution in [2.75, 3.05) is 5.75 Å². The lowest BCUT2D eigenvalue weighted by Crippen LogP contribution is -2.08. The Balaban J connectivity index is 2.10. The Labute approximate surface area is 117 Å². The van der Waals surface area contributed by atoms with Gasteiger partial charge in [-0.05, 0) is 18.2 Å². The predicted octanol–water partition coefficient (Wildman–Crippen LogP) is 4.57. The van der Waals surface area contributed by atoms with E-state index in [0.717, 1.165) is 17.4 Å². The topological polar surface area (TPSA) is 17.8 Å². The third kappa shape index (κ3) is 4.18. The van der Waals surface area contributed by atoms with Crippen molar-refractivity contribution < 1.29 is 13.2 Å². The first kappa shape index (κ1) is 14.3. The number of rotatable bonds is 4. The summed E-state index contributed by atoms with van der Waals surface area (Å²) in [6, 6.07) is 7.07. The van der Waals surface area contributed by atoms with Crippen LogP contribution in [0.25, 0.3) is 5.69 Å². The number of nitrogens with zero attached hydrogens (tertiary/aromatic N) is 2. The molecule has 2 rings (SSSR count). The summed E-state index contributed by atoms with van der Waals surface area (Å²) in [5.41, 5.74) is 0.777. The molecule has 2 aromatic rings. The fraction of sp³-hybridized carbons (Fsp3) is 0.250. The van der Waals surface area contributed by atoms with Gasteiger partial charge >= 0.3 is 6.18 Å². The highest BCUT2D eigenvalue weighted by Crippen LogP contribution is 2.27. The van der Waals surface area contributed by atoms with Crippen LogP contribution in [0, 0.1) is 0 Å². The molecule has 0 N–H and O–H groups in total. The number of thioether (sulfide) groups is 1. The maximum Gasteiger partial charge on any atom is 0.389 e. The van der Waals surface area contributed by atoms with E-state index in [9.17, 15) is 13.2 Å². The summed E-state index contributed by atoms with van der Waals surface area (Å²) in [6.07, 6.45) is -1.72. The second-order valence-electron chi connectivity index (χ2n) is 3.77. The summed E-state index contributed by atoms with van der Waals surface area (Å²) in [4.78, 5) is 4.06. The molecule has 0 atom stereocenters. The molecule has 0 unspecified atom stereocenters. The van der Waals surface area contributed by atoms with Crippen LogP contribution >= 0.6 is 23.4 Å². The van der Waals surface area contributed by atoms with Crippen LogP contribution in [0.1, 0.15) is 6.42 Å². The third-order valence-corrected chi connectivity index (χ3v) is 3.51. The predicted molar refractivity (Wildman–Crippen MR) is 70.0 cm³/mol. The molecule has 0 radical (unpaired) electrons. The first-order valence-corrected chi connectivity index (χ1v) is 6.81. The average molecular weight is 307 g/mol. The van der Waals surface area contributed by atoms with Crippen LogP contribution in [0.4, 0.5) is 13.2 Å². The van der Waals surface area contributed by atoms with E-state index in [-0.39, 0.29) is 5.75 Å². The van der Waals surface area contributed by atoms with Crippen LogP contribution in [0.15, 0.2) is 41.8 Å². The van der Waals surface area contributed by atoms with Crippen molar-refractivity contribution in [1.82, 2.24) is 9.55 Å². The maximum atomic E-state index is 12.1. The average Bonchev–Trinajstić information content (AvgIpc) is 2.75. The van der Waals surface area contributed by atoms with Crippen molar-refractivity contribution in [2.24, 2.45) is 0 Å². The highest BCUT2D eigenvalue weighted by Gasteiger charge is 2.26. The number of halogens is 4. The molecule has 0 aliphatic carbocycles. The first-order chi connectivity index (χ1) is 8.96. The van der Waals surface area contributed by atoms with Crippen LogP contribution in [-0.4, -0.2) is 21.5 Å². The Kier molecular flexibility index (Phi) is 4.42. The number of aromatic nitrogens is 2. The van der Waals surface area contributed by atoms with Crippen molar-refractivity contribution in [2.45, 2.75) is 17.8 Å². The van der Waals surface area contributed by atoms with Gasteiger partial charge in [0.15, 0.2) is 5.16 Å². The summed E-state index contributed by atoms with van der Waals surface area (Å²) in [5, 5.41) is 1.09. The van der Waals surface area contributed by atoms with Crippen molar-refractivity contribution in [3.8, 4) is 5.69 Å². The number of imidazole rings is 1. The molecule has 0 fully saturated rings. The number of hydrogen-bond acceptors (Lipinski definition) is 2. The minimum absolute atomic E-state index is 0.0545. The zero-order valence-electron chi connectivity index (χ0n) is 9.69. The van der Waals surface area contributed by atoms with E-state index >= 15 is 0 Å². The van der Waals surface area contributed by atoms with E-state index < -0.39 is 12.6 Å². The van der Waals surface area contributed by atoms with Crippen LogP contribution in [0.2, 0.25) is 5.02 Å². The lowest BCUT2D eigenvalue weighted by molar-refractivity contribution is -0.129. The number of alkyl halides is 3. The van der Waals surface area contributed by atoms with E-state index in [0.29, 0.717) is 10.2 Å². The summed E-state index contributed by atoms with van der Waals surface area (Å²) in [6.45, 7) is 0. The van der Waals surface area contributed by atoms with E-state index in [1.807, 2.05) is 6.07 Å². The van der Waals surface area contributed by atoms with Gasteiger partial charge in [0.05, 0.1) is 6.42 Å². The summed E-state index contributed by atoms with van der Waals surface area (Å²) in [5.74, 6) is -0.0545. The smallest absolute Gasteiger partial charge is 0.295 e. The normalized spacial score (nSPS) is 11.8. The molecule has 1 aromatic heterocycles. The van der Waals surface area contributed by atoms with Gasteiger partial charge in [-0.3, -0.25) is 4.57 Å². The van der Waals surface area contributed by atoms with E-state index in [1.54, 1.807) is 35.2 Å². The molecule has 0 saturated heterocycles. The standard InChI is InChI=1S/C12H10ClF3N2S/c13-9-2-1-3-10(8-9)18-6-5-17-11(18)19-7-4-12(14,15)16/h1-3,5-6,8H,4,7H2. The lowest BCUT2D eigenvalue weighted by Gasteiger charge is -2.08. The van der Waals surface area contributed by atoms with Crippen LogP contribution < -0.4 is 0 Å². The Morgan fingerprint density at radius 3 is 2.79 bits per heavy atom. The molecule has 2 nitrogen and oxygen atoms in total. The first-order valence-electron chi connectivity index (χ1n) is 5.44. The molecule has 1 heterocycles. The molecule has 1 aromatic carbocycles. The van der Waals surface area contributed by atoms with E-state index in [4.69, 9.17) is 11.6 Å². The quantitative estimate of drug-likeness (QED) is 0.770. The minimum Gasteiger partial charge on any atom is -0.295 e. The molecule has 0 bridgehead atoms. The van der Waals surface area contributed by atoms with Gasteiger partial charge in [0.25, 0.3) is 0 Å². The van der Waals surface area contributed by atoms with Gasteiger partial charge < -0.3 is 0 Å². The fourth-order valence-electron chi connectivity index (χ4n) is 1.48. The SMILES string of the molecule is FC(F)(F)CCSc1nccn1-c1cccc(Cl)c1. The van der Waals surface area contributed by atoms with Gasteiger partial charge in [-0.1, -0.05) is 29.4 Å². The molecule has 0 aliphatic rings. The van der Waals surface area contributed by atoms with Crippen LogP contribution in [0.3, 0.4) is 0 Å². The zero-order valence-corrected chi connectivity index (χ0v) is 11.3. The van der Waals surface area contributed by atoms with Crippen LogP contribution in [0.5, 0.6) is 0 Å². The number of benzene rings is 1. The highest BCUT2D eigenvalue weighted by molar-refractivity contribution is 7.99. The lowest BCUT2D eigenvalue weighted by atomic mass is 10.3. The monoisotopic (exact) mass is 306 g/mol. The third-order valence-electron chi connectivity index (χ3n) is 2.31. The number of hydrogen-bond donors (Lipinski definition) is 0. The molecular formula is C12H10ClF3N2S. The molecule has 0 amide bonds. The van der Waals surface area contributed by atoms with E-state index in [2.05, 4.69) is 4.98 Å². The molecule has 102 valence electrons. The van der Waals surface area contributed by atoms with Crippen molar-refractivity contribution in [3.63, 3.8) is 0 Å². The van der Waals surface area contributed by atoms with Gasteiger partial charge in [-0.25, -0.2) is 4.98 Å². The minimum atomic E-state index is -4.14. The Hall–Kier alpha value is -1.14. The molecule has 0 spiro atoms. The van der Waals surface area contributed by atoms with Gasteiger partial charge in [0, 0.05) is 28.9 Å². The Morgan fingerprint density at radius 2 is 2.11 bits per heavy atom. The zero-order chi connectivity index (χ0) is 13.9. The largest absolute Gasteiger partial charge is 0.389 e. The second-order valence-corrected chi connectivity index (χ2v) is 5.27. The van der Waals surface area contributed by atoms with Gasteiger partial charge in [-0.15, -0.1) is 0 Å². The molecule has 19 heavy (non-hydrogen) atoms. The molecule has 0 aliphatic heterocycles. The molecular weight excluding hydrogens is 297 g/mol. The summed E-state index contributed by atoms with van der Waals surface area (Å²) >= 11 is 6.96. The van der Waals surface area contributed by atoms with Crippen molar-refractivity contribution >= 4 is 23.4 Å². The maximum absolute atomic E-state index is 12.1. The molecule has 0 saturated carbocycles. The summed E-state index contributed by atoms with van der Waals surface area (Å²) < 4.78 is 38.0. The van der Waals surface area contributed by atoms with E-state index in [1.165, 1.54) is 0 Å². The van der Waals surface area contributed by atoms with Gasteiger partial charge in [0.2, 0.25) is 0 Å². The Bertz CT molecular complexity index is 554. The fourth-order valence-corrected chi connectivity index (χ4v) is 2.62. The van der Waals surface area contributed by atoms with Crippen molar-refractivity contribution in [3.05, 3.63) is 41.7 Å². The molecule has 7 heteroatoms. The Morgan fingerprint density at radius 1 is 1.32 bits per heavy atom. The van der Waals surface area contributed by atoms with Crippen LogP contribution in [-0.2, 0) is 0 Å².